The maximum atomic E-state index is 13.9. The van der Waals surface area contributed by atoms with E-state index >= 15 is 0 Å². The molecule has 1 aliphatic carbocycles. The van der Waals surface area contributed by atoms with Gasteiger partial charge in [0.15, 0.2) is 5.82 Å². The van der Waals surface area contributed by atoms with E-state index in [9.17, 15) is 9.18 Å². The molecular formula is C26H25FN4O3. The number of aromatic nitrogens is 2. The van der Waals surface area contributed by atoms with Gasteiger partial charge in [-0.1, -0.05) is 18.2 Å². The fourth-order valence-corrected chi connectivity index (χ4v) is 3.50. The van der Waals surface area contributed by atoms with Gasteiger partial charge in [-0.15, -0.1) is 0 Å². The number of nitrogens with one attached hydrogen (secondary N) is 2. The van der Waals surface area contributed by atoms with E-state index in [0.717, 1.165) is 18.5 Å². The molecule has 174 valence electrons. The molecule has 0 aliphatic heterocycles. The number of methoxy groups -OCH3 is 1. The number of benzene rings is 1. The number of hydrogen-bond acceptors (Lipinski definition) is 6. The van der Waals surface area contributed by atoms with Crippen LogP contribution in [0.3, 0.4) is 0 Å². The number of carbonyl (C=O) groups is 1. The minimum Gasteiger partial charge on any atom is -0.479 e. The lowest BCUT2D eigenvalue weighted by Gasteiger charge is -2.14. The lowest BCUT2D eigenvalue weighted by atomic mass is 10.1. The predicted molar refractivity (Wildman–Crippen MR) is 127 cm³/mol. The number of ether oxygens (including phenoxy) is 2. The molecule has 3 aromatic rings. The average molecular weight is 461 g/mol. The minimum absolute atomic E-state index is 0.0856. The fourth-order valence-electron chi connectivity index (χ4n) is 3.50. The van der Waals surface area contributed by atoms with Crippen molar-refractivity contribution in [3.8, 4) is 17.4 Å². The smallest absolute Gasteiger partial charge is 0.251 e. The topological polar surface area (TPSA) is 85.4 Å². The van der Waals surface area contributed by atoms with E-state index in [1.165, 1.54) is 19.4 Å². The Labute approximate surface area is 197 Å². The molecule has 4 rings (SSSR count). The van der Waals surface area contributed by atoms with Crippen LogP contribution in [-0.2, 0) is 6.54 Å². The predicted octanol–water partition coefficient (Wildman–Crippen LogP) is 5.30. The third kappa shape index (κ3) is 5.58. The van der Waals surface area contributed by atoms with Crippen LogP contribution < -0.4 is 20.1 Å². The molecule has 34 heavy (non-hydrogen) atoms. The van der Waals surface area contributed by atoms with E-state index in [1.54, 1.807) is 30.5 Å². The van der Waals surface area contributed by atoms with Crippen LogP contribution in [0.2, 0.25) is 0 Å². The summed E-state index contributed by atoms with van der Waals surface area (Å²) < 4.78 is 24.7. The van der Waals surface area contributed by atoms with Crippen molar-refractivity contribution in [2.45, 2.75) is 26.3 Å². The van der Waals surface area contributed by atoms with Gasteiger partial charge in [0.05, 0.1) is 7.11 Å². The largest absolute Gasteiger partial charge is 0.479 e. The van der Waals surface area contributed by atoms with Gasteiger partial charge >= 0.3 is 0 Å². The number of carbonyl (C=O) groups excluding carboxylic acids is 1. The summed E-state index contributed by atoms with van der Waals surface area (Å²) in [6.07, 6.45) is 11.2. The molecule has 2 N–H and O–H groups in total. The van der Waals surface area contributed by atoms with Gasteiger partial charge in [-0.3, -0.25) is 4.79 Å². The van der Waals surface area contributed by atoms with Crippen LogP contribution in [0.1, 0.15) is 34.3 Å². The summed E-state index contributed by atoms with van der Waals surface area (Å²) in [6.45, 7) is 1.94. The number of hydrogen-bond donors (Lipinski definition) is 2. The molecule has 2 heterocycles. The fraction of sp³-hybridized carbons (Fsp3) is 0.192. The summed E-state index contributed by atoms with van der Waals surface area (Å²) in [6, 6.07) is 10.1. The molecule has 1 aromatic carbocycles. The molecule has 7 nitrogen and oxygen atoms in total. The van der Waals surface area contributed by atoms with Gasteiger partial charge in [-0.25, -0.2) is 14.4 Å². The molecular weight excluding hydrogens is 435 g/mol. The summed E-state index contributed by atoms with van der Waals surface area (Å²) in [5, 5.41) is 6.10. The number of amides is 1. The second-order valence-corrected chi connectivity index (χ2v) is 7.71. The zero-order valence-electron chi connectivity index (χ0n) is 19.0. The summed E-state index contributed by atoms with van der Waals surface area (Å²) in [5.41, 5.74) is 2.77. The third-order valence-corrected chi connectivity index (χ3v) is 5.30. The highest BCUT2D eigenvalue weighted by atomic mass is 19.1. The second-order valence-electron chi connectivity index (χ2n) is 7.71. The Morgan fingerprint density at radius 3 is 2.85 bits per heavy atom. The first-order chi connectivity index (χ1) is 16.5. The van der Waals surface area contributed by atoms with Crippen LogP contribution in [0, 0.1) is 12.7 Å². The Kier molecular flexibility index (Phi) is 7.17. The Balaban J connectivity index is 1.44. The molecule has 8 heteroatoms. The van der Waals surface area contributed by atoms with Crippen molar-refractivity contribution in [1.29, 1.82) is 0 Å². The Morgan fingerprint density at radius 2 is 2.09 bits per heavy atom. The number of allylic oxidation sites excluding steroid dienone is 4. The van der Waals surface area contributed by atoms with E-state index in [-0.39, 0.29) is 18.3 Å². The van der Waals surface area contributed by atoms with Gasteiger partial charge in [-0.2, -0.15) is 0 Å². The normalized spacial score (nSPS) is 12.6. The standard InChI is InChI=1S/C26H25FN4O3/c1-17-21(25(32)29-15-18-13-22(27)26(33-2)30-16-18)9-6-10-23(17)34-20-11-12-28-24(14-20)31-19-7-4-3-5-8-19/h3-4,6-7,9-14,16H,5,8,15H2,1-2H3,(H,28,31)(H,29,32). The maximum Gasteiger partial charge on any atom is 0.251 e. The van der Waals surface area contributed by atoms with Crippen molar-refractivity contribution in [1.82, 2.24) is 15.3 Å². The Bertz CT molecular complexity index is 1260. The Hall–Kier alpha value is -4.20. The summed E-state index contributed by atoms with van der Waals surface area (Å²) in [7, 11) is 1.35. The molecule has 1 amide bonds. The van der Waals surface area contributed by atoms with Crippen molar-refractivity contribution in [2.75, 3.05) is 12.4 Å². The molecule has 0 spiro atoms. The molecule has 0 saturated carbocycles. The van der Waals surface area contributed by atoms with Crippen LogP contribution in [0.25, 0.3) is 0 Å². The molecule has 0 unspecified atom stereocenters. The Morgan fingerprint density at radius 1 is 1.21 bits per heavy atom. The highest BCUT2D eigenvalue weighted by molar-refractivity contribution is 5.96. The molecule has 0 radical (unpaired) electrons. The summed E-state index contributed by atoms with van der Waals surface area (Å²) >= 11 is 0. The van der Waals surface area contributed by atoms with Crippen molar-refractivity contribution in [3.05, 3.63) is 95.2 Å². The van der Waals surface area contributed by atoms with Gasteiger partial charge in [0.2, 0.25) is 5.88 Å². The molecule has 2 aromatic heterocycles. The van der Waals surface area contributed by atoms with Gasteiger partial charge in [0, 0.05) is 41.8 Å². The molecule has 0 atom stereocenters. The molecule has 0 fully saturated rings. The number of nitrogens with zero attached hydrogens (tertiary/aromatic N) is 2. The SMILES string of the molecule is COc1ncc(CNC(=O)c2cccc(Oc3ccnc(NC4=CC=CCC4)c3)c2C)cc1F. The highest BCUT2D eigenvalue weighted by Gasteiger charge is 2.14. The monoisotopic (exact) mass is 460 g/mol. The summed E-state index contributed by atoms with van der Waals surface area (Å²) in [4.78, 5) is 21.0. The van der Waals surface area contributed by atoms with Gasteiger partial charge < -0.3 is 20.1 Å². The first-order valence-corrected chi connectivity index (χ1v) is 10.9. The van der Waals surface area contributed by atoms with Gasteiger partial charge in [0.1, 0.15) is 17.3 Å². The van der Waals surface area contributed by atoms with Crippen molar-refractivity contribution >= 4 is 11.7 Å². The van der Waals surface area contributed by atoms with E-state index < -0.39 is 5.82 Å². The second kappa shape index (κ2) is 10.6. The van der Waals surface area contributed by atoms with Gasteiger partial charge in [-0.05, 0) is 55.7 Å². The van der Waals surface area contributed by atoms with E-state index in [2.05, 4.69) is 26.7 Å². The molecule has 1 aliphatic rings. The summed E-state index contributed by atoms with van der Waals surface area (Å²) in [5.74, 6) is 0.881. The average Bonchev–Trinajstić information content (AvgIpc) is 2.85. The van der Waals surface area contributed by atoms with Crippen LogP contribution in [-0.4, -0.2) is 23.0 Å². The highest BCUT2D eigenvalue weighted by Crippen LogP contribution is 2.29. The third-order valence-electron chi connectivity index (χ3n) is 5.30. The lowest BCUT2D eigenvalue weighted by Crippen LogP contribution is -2.23. The number of halogens is 1. The minimum atomic E-state index is -0.580. The zero-order valence-corrected chi connectivity index (χ0v) is 19.0. The van der Waals surface area contributed by atoms with Crippen molar-refractivity contribution in [3.63, 3.8) is 0 Å². The van der Waals surface area contributed by atoms with E-state index in [4.69, 9.17) is 9.47 Å². The molecule has 0 saturated heterocycles. The number of rotatable bonds is 8. The van der Waals surface area contributed by atoms with E-state index in [0.29, 0.717) is 34.0 Å². The molecule has 0 bridgehead atoms. The van der Waals surface area contributed by atoms with Crippen molar-refractivity contribution < 1.29 is 18.7 Å². The van der Waals surface area contributed by atoms with Crippen LogP contribution in [0.5, 0.6) is 17.4 Å². The van der Waals surface area contributed by atoms with Crippen molar-refractivity contribution in [2.24, 2.45) is 0 Å². The quantitative estimate of drug-likeness (QED) is 0.474. The van der Waals surface area contributed by atoms with Crippen LogP contribution >= 0.6 is 0 Å². The zero-order chi connectivity index (χ0) is 23.9. The lowest BCUT2D eigenvalue weighted by molar-refractivity contribution is 0.0950. The number of anilines is 1. The van der Waals surface area contributed by atoms with E-state index in [1.807, 2.05) is 25.1 Å². The van der Waals surface area contributed by atoms with Gasteiger partial charge in [0.25, 0.3) is 5.91 Å². The van der Waals surface area contributed by atoms with Crippen LogP contribution in [0.15, 0.2) is 72.7 Å². The first kappa shape index (κ1) is 23.0. The maximum absolute atomic E-state index is 13.9. The number of pyridine rings is 2. The first-order valence-electron chi connectivity index (χ1n) is 10.9. The van der Waals surface area contributed by atoms with Crippen LogP contribution in [0.4, 0.5) is 10.2 Å².